The third kappa shape index (κ3) is 1.90. The smallest absolute Gasteiger partial charge is 0.260 e. The van der Waals surface area contributed by atoms with Gasteiger partial charge < -0.3 is 15.4 Å². The summed E-state index contributed by atoms with van der Waals surface area (Å²) in [6.45, 7) is 1.93. The standard InChI is InChI=1S/C11H13N3O2/c1-7-3-2-4-8(12)10(7)11-13-9(5-6-15)14-16-11/h2-4,15H,5-6,12H2,1H3. The maximum Gasteiger partial charge on any atom is 0.260 e. The number of hydrogen-bond donors (Lipinski definition) is 2. The molecular formula is C11H13N3O2. The monoisotopic (exact) mass is 219 g/mol. The van der Waals surface area contributed by atoms with E-state index < -0.39 is 0 Å². The normalized spacial score (nSPS) is 10.6. The van der Waals surface area contributed by atoms with Gasteiger partial charge in [0.25, 0.3) is 5.89 Å². The summed E-state index contributed by atoms with van der Waals surface area (Å²) in [7, 11) is 0. The average molecular weight is 219 g/mol. The van der Waals surface area contributed by atoms with E-state index in [9.17, 15) is 0 Å². The molecule has 5 nitrogen and oxygen atoms in total. The summed E-state index contributed by atoms with van der Waals surface area (Å²) in [6.07, 6.45) is 0.384. The highest BCUT2D eigenvalue weighted by Gasteiger charge is 2.13. The predicted octanol–water partition coefficient (Wildman–Crippen LogP) is 1.16. The molecule has 0 unspecified atom stereocenters. The fourth-order valence-corrected chi connectivity index (χ4v) is 1.54. The zero-order valence-corrected chi connectivity index (χ0v) is 8.97. The van der Waals surface area contributed by atoms with Crippen molar-refractivity contribution in [2.24, 2.45) is 0 Å². The SMILES string of the molecule is Cc1cccc(N)c1-c1nc(CCO)no1. The lowest BCUT2D eigenvalue weighted by atomic mass is 10.1. The van der Waals surface area contributed by atoms with E-state index in [4.69, 9.17) is 15.4 Å². The van der Waals surface area contributed by atoms with Crippen molar-refractivity contribution in [1.82, 2.24) is 10.1 Å². The van der Waals surface area contributed by atoms with Crippen molar-refractivity contribution in [3.05, 3.63) is 29.6 Å². The zero-order chi connectivity index (χ0) is 11.5. The van der Waals surface area contributed by atoms with Crippen LogP contribution in [-0.2, 0) is 6.42 Å². The van der Waals surface area contributed by atoms with Gasteiger partial charge in [-0.15, -0.1) is 0 Å². The van der Waals surface area contributed by atoms with Crippen LogP contribution in [0.5, 0.6) is 0 Å². The molecule has 0 amide bonds. The summed E-state index contributed by atoms with van der Waals surface area (Å²) < 4.78 is 5.11. The number of nitrogens with zero attached hydrogens (tertiary/aromatic N) is 2. The van der Waals surface area contributed by atoms with Gasteiger partial charge in [-0.2, -0.15) is 4.98 Å². The van der Waals surface area contributed by atoms with Crippen LogP contribution < -0.4 is 5.73 Å². The maximum absolute atomic E-state index is 8.76. The van der Waals surface area contributed by atoms with Crippen LogP contribution in [0.1, 0.15) is 11.4 Å². The van der Waals surface area contributed by atoms with Gasteiger partial charge in [-0.3, -0.25) is 0 Å². The number of rotatable bonds is 3. The van der Waals surface area contributed by atoms with Crippen LogP contribution in [-0.4, -0.2) is 21.9 Å². The van der Waals surface area contributed by atoms with Crippen molar-refractivity contribution < 1.29 is 9.63 Å². The number of nitrogens with two attached hydrogens (primary N) is 1. The minimum atomic E-state index is 0.00221. The first-order valence-corrected chi connectivity index (χ1v) is 5.01. The van der Waals surface area contributed by atoms with E-state index in [1.807, 2.05) is 19.1 Å². The third-order valence-electron chi connectivity index (χ3n) is 2.32. The van der Waals surface area contributed by atoms with E-state index in [1.54, 1.807) is 6.07 Å². The van der Waals surface area contributed by atoms with Gasteiger partial charge >= 0.3 is 0 Å². The van der Waals surface area contributed by atoms with E-state index in [-0.39, 0.29) is 6.61 Å². The van der Waals surface area contributed by atoms with Crippen LogP contribution in [0.3, 0.4) is 0 Å². The minimum Gasteiger partial charge on any atom is -0.398 e. The number of aryl methyl sites for hydroxylation is 1. The number of aliphatic hydroxyl groups excluding tert-OH is 1. The van der Waals surface area contributed by atoms with Gasteiger partial charge in [0.15, 0.2) is 5.82 Å². The van der Waals surface area contributed by atoms with Crippen LogP contribution >= 0.6 is 0 Å². The Morgan fingerprint density at radius 3 is 2.94 bits per heavy atom. The highest BCUT2D eigenvalue weighted by atomic mass is 16.5. The van der Waals surface area contributed by atoms with Crippen molar-refractivity contribution in [3.8, 4) is 11.5 Å². The molecule has 0 saturated heterocycles. The number of aromatic nitrogens is 2. The predicted molar refractivity (Wildman–Crippen MR) is 59.7 cm³/mol. The first-order valence-electron chi connectivity index (χ1n) is 5.01. The Balaban J connectivity index is 2.42. The molecule has 3 N–H and O–H groups in total. The Hall–Kier alpha value is -1.88. The van der Waals surface area contributed by atoms with E-state index in [0.29, 0.717) is 23.8 Å². The molecule has 2 aromatic rings. The largest absolute Gasteiger partial charge is 0.398 e. The summed E-state index contributed by atoms with van der Waals surface area (Å²) in [5.41, 5.74) is 8.22. The third-order valence-corrected chi connectivity index (χ3v) is 2.32. The van der Waals surface area contributed by atoms with Gasteiger partial charge in [0.05, 0.1) is 12.2 Å². The molecular weight excluding hydrogens is 206 g/mol. The number of nitrogen functional groups attached to an aromatic ring is 1. The van der Waals surface area contributed by atoms with Gasteiger partial charge in [0, 0.05) is 12.1 Å². The molecule has 0 aliphatic carbocycles. The van der Waals surface area contributed by atoms with E-state index >= 15 is 0 Å². The first-order chi connectivity index (χ1) is 7.72. The fraction of sp³-hybridized carbons (Fsp3) is 0.273. The summed E-state index contributed by atoms with van der Waals surface area (Å²) >= 11 is 0. The summed E-state index contributed by atoms with van der Waals surface area (Å²) in [5.74, 6) is 0.888. The van der Waals surface area contributed by atoms with Crippen molar-refractivity contribution in [1.29, 1.82) is 0 Å². The molecule has 2 rings (SSSR count). The molecule has 1 aromatic heterocycles. The second-order valence-corrected chi connectivity index (χ2v) is 3.53. The number of aliphatic hydroxyl groups is 1. The lowest BCUT2D eigenvalue weighted by molar-refractivity contribution is 0.293. The molecule has 84 valence electrons. The molecule has 0 spiro atoms. The Bertz CT molecular complexity index is 473. The molecule has 0 bridgehead atoms. The first kappa shape index (κ1) is 10.6. The highest BCUT2D eigenvalue weighted by Crippen LogP contribution is 2.27. The molecule has 16 heavy (non-hydrogen) atoms. The molecule has 0 radical (unpaired) electrons. The van der Waals surface area contributed by atoms with E-state index in [2.05, 4.69) is 10.1 Å². The van der Waals surface area contributed by atoms with Gasteiger partial charge in [-0.05, 0) is 18.6 Å². The van der Waals surface area contributed by atoms with Crippen molar-refractivity contribution in [2.75, 3.05) is 12.3 Å². The van der Waals surface area contributed by atoms with E-state index in [1.165, 1.54) is 0 Å². The molecule has 0 aliphatic heterocycles. The topological polar surface area (TPSA) is 85.2 Å². The Kier molecular flexibility index (Phi) is 2.87. The lowest BCUT2D eigenvalue weighted by Crippen LogP contribution is -1.94. The summed E-state index contributed by atoms with van der Waals surface area (Å²) in [4.78, 5) is 4.17. The van der Waals surface area contributed by atoms with Crippen LogP contribution in [0, 0.1) is 6.92 Å². The number of anilines is 1. The van der Waals surface area contributed by atoms with Gasteiger partial charge in [0.1, 0.15) is 0 Å². The molecule has 1 heterocycles. The second kappa shape index (κ2) is 4.32. The Morgan fingerprint density at radius 1 is 1.44 bits per heavy atom. The second-order valence-electron chi connectivity index (χ2n) is 3.53. The van der Waals surface area contributed by atoms with Gasteiger partial charge in [0.2, 0.25) is 0 Å². The van der Waals surface area contributed by atoms with Crippen LogP contribution in [0.2, 0.25) is 0 Å². The van der Waals surface area contributed by atoms with Crippen molar-refractivity contribution in [3.63, 3.8) is 0 Å². The average Bonchev–Trinajstić information content (AvgIpc) is 2.67. The lowest BCUT2D eigenvalue weighted by Gasteiger charge is -2.03. The van der Waals surface area contributed by atoms with E-state index in [0.717, 1.165) is 11.1 Å². The van der Waals surface area contributed by atoms with Crippen molar-refractivity contribution in [2.45, 2.75) is 13.3 Å². The number of benzene rings is 1. The summed E-state index contributed by atoms with van der Waals surface area (Å²) in [6, 6.07) is 5.60. The Morgan fingerprint density at radius 2 is 2.25 bits per heavy atom. The molecule has 0 aliphatic rings. The van der Waals surface area contributed by atoms with Crippen LogP contribution in [0.15, 0.2) is 22.7 Å². The Labute approximate surface area is 92.9 Å². The molecule has 5 heteroatoms. The van der Waals surface area contributed by atoms with Gasteiger partial charge in [-0.25, -0.2) is 0 Å². The summed E-state index contributed by atoms with van der Waals surface area (Å²) in [5, 5.41) is 12.5. The molecule has 0 atom stereocenters. The minimum absolute atomic E-state index is 0.00221. The highest BCUT2D eigenvalue weighted by molar-refractivity contribution is 5.73. The quantitative estimate of drug-likeness (QED) is 0.756. The fourth-order valence-electron chi connectivity index (χ4n) is 1.54. The van der Waals surface area contributed by atoms with Crippen molar-refractivity contribution >= 4 is 5.69 Å². The van der Waals surface area contributed by atoms with Gasteiger partial charge in [-0.1, -0.05) is 17.3 Å². The molecule has 1 aromatic carbocycles. The number of hydrogen-bond acceptors (Lipinski definition) is 5. The van der Waals surface area contributed by atoms with Crippen LogP contribution in [0.4, 0.5) is 5.69 Å². The maximum atomic E-state index is 8.76. The zero-order valence-electron chi connectivity index (χ0n) is 8.97. The molecule has 0 fully saturated rings. The molecule has 0 saturated carbocycles. The van der Waals surface area contributed by atoms with Crippen LogP contribution in [0.25, 0.3) is 11.5 Å².